The van der Waals surface area contributed by atoms with Crippen LogP contribution in [0.3, 0.4) is 0 Å². The Morgan fingerprint density at radius 1 is 1.00 bits per heavy atom. The molecule has 1 aliphatic carbocycles. The predicted molar refractivity (Wildman–Crippen MR) is 97.6 cm³/mol. The van der Waals surface area contributed by atoms with Crippen molar-refractivity contribution in [2.45, 2.75) is 32.1 Å². The van der Waals surface area contributed by atoms with Crippen molar-refractivity contribution < 1.29 is 4.79 Å². The summed E-state index contributed by atoms with van der Waals surface area (Å²) in [6.45, 7) is 3.30. The quantitative estimate of drug-likeness (QED) is 0.863. The van der Waals surface area contributed by atoms with Crippen molar-refractivity contribution in [2.75, 3.05) is 31.1 Å². The van der Waals surface area contributed by atoms with Crippen LogP contribution in [0.1, 0.15) is 29.5 Å². The molecule has 0 radical (unpaired) electrons. The fourth-order valence-electron chi connectivity index (χ4n) is 3.88. The monoisotopic (exact) mass is 336 g/mol. The van der Waals surface area contributed by atoms with Crippen molar-refractivity contribution in [1.82, 2.24) is 15.1 Å². The first-order chi connectivity index (χ1) is 12.3. The maximum Gasteiger partial charge on any atom is 0.227 e. The molecule has 2 heterocycles. The van der Waals surface area contributed by atoms with Gasteiger partial charge < -0.3 is 9.80 Å². The molecule has 1 aromatic carbocycles. The van der Waals surface area contributed by atoms with Crippen LogP contribution in [0.5, 0.6) is 0 Å². The maximum absolute atomic E-state index is 12.7. The van der Waals surface area contributed by atoms with Crippen LogP contribution in [-0.2, 0) is 24.1 Å². The van der Waals surface area contributed by atoms with Gasteiger partial charge in [0.05, 0.1) is 6.42 Å². The highest BCUT2D eigenvalue weighted by atomic mass is 16.2. The highest BCUT2D eigenvalue weighted by Crippen LogP contribution is 2.23. The first-order valence-corrected chi connectivity index (χ1v) is 9.21. The summed E-state index contributed by atoms with van der Waals surface area (Å²) in [4.78, 5) is 17.0. The molecule has 2 aromatic rings. The number of benzene rings is 1. The second-order valence-electron chi connectivity index (χ2n) is 6.94. The fraction of sp³-hybridized carbons (Fsp3) is 0.450. The van der Waals surface area contributed by atoms with E-state index < -0.39 is 0 Å². The second kappa shape index (κ2) is 7.21. The molecule has 0 unspecified atom stereocenters. The number of rotatable bonds is 3. The van der Waals surface area contributed by atoms with E-state index in [1.807, 2.05) is 17.0 Å². The molecule has 1 aromatic heterocycles. The number of hydrogen-bond donors (Lipinski definition) is 0. The third kappa shape index (κ3) is 3.65. The maximum atomic E-state index is 12.7. The predicted octanol–water partition coefficient (Wildman–Crippen LogP) is 2.25. The third-order valence-corrected chi connectivity index (χ3v) is 5.25. The number of carbonyl (C=O) groups is 1. The van der Waals surface area contributed by atoms with Crippen LogP contribution in [0.2, 0.25) is 0 Å². The van der Waals surface area contributed by atoms with Gasteiger partial charge in [0.2, 0.25) is 5.91 Å². The molecule has 4 rings (SSSR count). The number of anilines is 1. The fourth-order valence-corrected chi connectivity index (χ4v) is 3.88. The Hall–Kier alpha value is -2.43. The molecule has 0 saturated carbocycles. The normalized spacial score (nSPS) is 17.3. The van der Waals surface area contributed by atoms with Gasteiger partial charge in [-0.3, -0.25) is 4.79 Å². The smallest absolute Gasteiger partial charge is 0.227 e. The number of carbonyl (C=O) groups excluding carboxylic acids is 1. The van der Waals surface area contributed by atoms with Gasteiger partial charge in [-0.25, -0.2) is 0 Å². The second-order valence-corrected chi connectivity index (χ2v) is 6.94. The molecule has 5 nitrogen and oxygen atoms in total. The highest BCUT2D eigenvalue weighted by Gasteiger charge is 2.20. The lowest BCUT2D eigenvalue weighted by atomic mass is 10.0. The van der Waals surface area contributed by atoms with Crippen LogP contribution < -0.4 is 4.90 Å². The van der Waals surface area contributed by atoms with Gasteiger partial charge in [-0.05, 0) is 54.5 Å². The molecule has 0 atom stereocenters. The highest BCUT2D eigenvalue weighted by molar-refractivity contribution is 5.79. The van der Waals surface area contributed by atoms with Gasteiger partial charge in [0.25, 0.3) is 0 Å². The van der Waals surface area contributed by atoms with E-state index in [-0.39, 0.29) is 5.91 Å². The van der Waals surface area contributed by atoms with Crippen LogP contribution in [0.25, 0.3) is 0 Å². The molecule has 1 fully saturated rings. The first-order valence-electron chi connectivity index (χ1n) is 9.21. The van der Waals surface area contributed by atoms with E-state index in [1.54, 1.807) is 6.20 Å². The largest absolute Gasteiger partial charge is 0.353 e. The van der Waals surface area contributed by atoms with Gasteiger partial charge in [-0.1, -0.05) is 18.2 Å². The summed E-state index contributed by atoms with van der Waals surface area (Å²) in [6, 6.07) is 10.5. The molecule has 1 saturated heterocycles. The van der Waals surface area contributed by atoms with Crippen molar-refractivity contribution in [3.63, 3.8) is 0 Å². The first kappa shape index (κ1) is 16.1. The molecule has 0 N–H and O–H groups in total. The standard InChI is InChI=1S/C20H24N4O/c25-20(15-16-7-8-17-4-1-5-18(17)14-16)24-11-3-10-23(12-13-24)19-6-2-9-21-22-19/h2,6-9,14H,1,3-5,10-13,15H2. The molecule has 0 bridgehead atoms. The topological polar surface area (TPSA) is 49.3 Å². The zero-order valence-electron chi connectivity index (χ0n) is 14.5. The summed E-state index contributed by atoms with van der Waals surface area (Å²) in [6.07, 6.45) is 6.76. The molecule has 2 aliphatic rings. The Labute approximate surface area is 148 Å². The zero-order chi connectivity index (χ0) is 17.1. The van der Waals surface area contributed by atoms with Gasteiger partial charge in [0.15, 0.2) is 5.82 Å². The number of aryl methyl sites for hydroxylation is 2. The van der Waals surface area contributed by atoms with Crippen molar-refractivity contribution in [3.8, 4) is 0 Å². The lowest BCUT2D eigenvalue weighted by Gasteiger charge is -2.22. The molecular weight excluding hydrogens is 312 g/mol. The van der Waals surface area contributed by atoms with E-state index in [9.17, 15) is 4.79 Å². The molecule has 0 spiro atoms. The number of amides is 1. The Bertz CT molecular complexity index is 747. The van der Waals surface area contributed by atoms with Crippen molar-refractivity contribution in [2.24, 2.45) is 0 Å². The van der Waals surface area contributed by atoms with Crippen molar-refractivity contribution in [3.05, 3.63) is 53.2 Å². The minimum Gasteiger partial charge on any atom is -0.353 e. The van der Waals surface area contributed by atoms with E-state index in [4.69, 9.17) is 0 Å². The van der Waals surface area contributed by atoms with Gasteiger partial charge in [-0.15, -0.1) is 5.10 Å². The Morgan fingerprint density at radius 2 is 1.92 bits per heavy atom. The average molecular weight is 336 g/mol. The van der Waals surface area contributed by atoms with Crippen molar-refractivity contribution >= 4 is 11.7 Å². The van der Waals surface area contributed by atoms with E-state index in [1.165, 1.54) is 24.0 Å². The summed E-state index contributed by atoms with van der Waals surface area (Å²) >= 11 is 0. The van der Waals surface area contributed by atoms with Gasteiger partial charge in [0.1, 0.15) is 0 Å². The number of nitrogens with zero attached hydrogens (tertiary/aromatic N) is 4. The molecule has 1 amide bonds. The molecule has 5 heteroatoms. The van der Waals surface area contributed by atoms with Gasteiger partial charge in [0, 0.05) is 32.4 Å². The molecule has 1 aliphatic heterocycles. The summed E-state index contributed by atoms with van der Waals surface area (Å²) in [5.74, 6) is 1.13. The average Bonchev–Trinajstić information content (AvgIpc) is 2.96. The summed E-state index contributed by atoms with van der Waals surface area (Å²) in [7, 11) is 0. The van der Waals surface area contributed by atoms with Crippen LogP contribution in [0.15, 0.2) is 36.5 Å². The Morgan fingerprint density at radius 3 is 2.80 bits per heavy atom. The molecule has 25 heavy (non-hydrogen) atoms. The SMILES string of the molecule is O=C(Cc1ccc2c(c1)CCC2)N1CCCN(c2cccnn2)CC1. The number of hydrogen-bond acceptors (Lipinski definition) is 4. The van der Waals surface area contributed by atoms with Crippen molar-refractivity contribution in [1.29, 1.82) is 0 Å². The van der Waals surface area contributed by atoms with E-state index in [0.717, 1.165) is 50.4 Å². The van der Waals surface area contributed by atoms with E-state index in [0.29, 0.717) is 6.42 Å². The Balaban J connectivity index is 1.38. The number of fused-ring (bicyclic) bond motifs is 1. The molecular formula is C20H24N4O. The lowest BCUT2D eigenvalue weighted by molar-refractivity contribution is -0.130. The lowest BCUT2D eigenvalue weighted by Crippen LogP contribution is -2.36. The Kier molecular flexibility index (Phi) is 4.63. The van der Waals surface area contributed by atoms with E-state index >= 15 is 0 Å². The molecule has 130 valence electrons. The minimum atomic E-state index is 0.235. The van der Waals surface area contributed by atoms with E-state index in [2.05, 4.69) is 33.3 Å². The van der Waals surface area contributed by atoms with Crippen LogP contribution in [-0.4, -0.2) is 47.2 Å². The summed E-state index contributed by atoms with van der Waals surface area (Å²) in [5.41, 5.74) is 4.06. The summed E-state index contributed by atoms with van der Waals surface area (Å²) in [5, 5.41) is 8.14. The third-order valence-electron chi connectivity index (χ3n) is 5.25. The van der Waals surface area contributed by atoms with Crippen LogP contribution >= 0.6 is 0 Å². The minimum absolute atomic E-state index is 0.235. The van der Waals surface area contributed by atoms with Gasteiger partial charge in [-0.2, -0.15) is 5.10 Å². The zero-order valence-corrected chi connectivity index (χ0v) is 14.5. The van der Waals surface area contributed by atoms with Crippen LogP contribution in [0.4, 0.5) is 5.82 Å². The van der Waals surface area contributed by atoms with Crippen LogP contribution in [0, 0.1) is 0 Å². The summed E-state index contributed by atoms with van der Waals surface area (Å²) < 4.78 is 0. The van der Waals surface area contributed by atoms with Gasteiger partial charge >= 0.3 is 0 Å². The number of aromatic nitrogens is 2.